The highest BCUT2D eigenvalue weighted by Crippen LogP contribution is 2.17. The van der Waals surface area contributed by atoms with Crippen LogP contribution in [0, 0.1) is 0 Å². The number of ether oxygens (including phenoxy) is 1. The Kier molecular flexibility index (Phi) is 4.40. The van der Waals surface area contributed by atoms with Gasteiger partial charge in [-0.05, 0) is 12.1 Å². The van der Waals surface area contributed by atoms with Gasteiger partial charge in [0, 0.05) is 18.6 Å². The van der Waals surface area contributed by atoms with Crippen molar-refractivity contribution in [3.8, 4) is 6.01 Å². The van der Waals surface area contributed by atoms with Gasteiger partial charge < -0.3 is 9.26 Å². The van der Waals surface area contributed by atoms with E-state index in [0.29, 0.717) is 5.69 Å². The monoisotopic (exact) mass is 340 g/mol. The molecule has 0 aromatic carbocycles. The van der Waals surface area contributed by atoms with Crippen molar-refractivity contribution < 1.29 is 22.4 Å². The van der Waals surface area contributed by atoms with Crippen molar-refractivity contribution in [2.75, 3.05) is 0 Å². The second-order valence-electron chi connectivity index (χ2n) is 4.72. The molecule has 0 bridgehead atoms. The van der Waals surface area contributed by atoms with Crippen LogP contribution < -0.4 is 4.74 Å². The van der Waals surface area contributed by atoms with Gasteiger partial charge in [-0.1, -0.05) is 5.16 Å². The summed E-state index contributed by atoms with van der Waals surface area (Å²) in [7, 11) is 0. The Hall–Kier alpha value is -2.98. The lowest BCUT2D eigenvalue weighted by Gasteiger charge is -2.05. The van der Waals surface area contributed by atoms with Crippen LogP contribution in [0.4, 0.5) is 13.2 Å². The Morgan fingerprint density at radius 1 is 1.21 bits per heavy atom. The quantitative estimate of drug-likeness (QED) is 0.675. The summed E-state index contributed by atoms with van der Waals surface area (Å²) in [6.07, 6.45) is 0.107. The van der Waals surface area contributed by atoms with E-state index in [4.69, 9.17) is 9.26 Å². The van der Waals surface area contributed by atoms with E-state index in [0.717, 1.165) is 4.68 Å². The minimum absolute atomic E-state index is 0.00995. The molecule has 3 heterocycles. The Balaban J connectivity index is 1.56. The second kappa shape index (κ2) is 6.64. The number of halogens is 3. The Morgan fingerprint density at radius 2 is 2.00 bits per heavy atom. The van der Waals surface area contributed by atoms with Crippen molar-refractivity contribution in [3.05, 3.63) is 48.1 Å². The maximum Gasteiger partial charge on any atom is 0.408 e. The van der Waals surface area contributed by atoms with Gasteiger partial charge in [-0.25, -0.2) is 9.97 Å². The van der Waals surface area contributed by atoms with E-state index in [-0.39, 0.29) is 30.8 Å². The first-order chi connectivity index (χ1) is 11.5. The molecule has 3 rings (SSSR count). The minimum Gasteiger partial charge on any atom is -0.455 e. The van der Waals surface area contributed by atoms with Crippen LogP contribution in [0.2, 0.25) is 0 Å². The fourth-order valence-electron chi connectivity index (χ4n) is 1.83. The molecule has 0 spiro atoms. The minimum atomic E-state index is -4.32. The molecule has 3 aromatic heterocycles. The van der Waals surface area contributed by atoms with E-state index in [1.165, 1.54) is 24.7 Å². The van der Waals surface area contributed by atoms with Crippen LogP contribution >= 0.6 is 0 Å². The lowest BCUT2D eigenvalue weighted by molar-refractivity contribution is -0.142. The molecule has 0 aliphatic rings. The zero-order valence-corrected chi connectivity index (χ0v) is 12.1. The lowest BCUT2D eigenvalue weighted by atomic mass is 10.3. The number of hydrogen-bond donors (Lipinski definition) is 0. The number of alkyl halides is 3. The zero-order valence-electron chi connectivity index (χ0n) is 12.1. The van der Waals surface area contributed by atoms with E-state index in [1.54, 1.807) is 6.07 Å². The van der Waals surface area contributed by atoms with E-state index in [9.17, 15) is 13.2 Å². The van der Waals surface area contributed by atoms with Gasteiger partial charge in [0.05, 0.1) is 12.1 Å². The Morgan fingerprint density at radius 3 is 2.75 bits per heavy atom. The van der Waals surface area contributed by atoms with Gasteiger partial charge in [0.2, 0.25) is 11.7 Å². The molecule has 0 radical (unpaired) electrons. The van der Waals surface area contributed by atoms with Crippen molar-refractivity contribution in [3.63, 3.8) is 0 Å². The molecule has 11 heteroatoms. The first-order valence-electron chi connectivity index (χ1n) is 6.78. The van der Waals surface area contributed by atoms with Crippen molar-refractivity contribution >= 4 is 0 Å². The van der Waals surface area contributed by atoms with E-state index in [1.807, 2.05) is 0 Å². The first-order valence-corrected chi connectivity index (χ1v) is 6.78. The predicted molar refractivity (Wildman–Crippen MR) is 71.8 cm³/mol. The maximum absolute atomic E-state index is 12.3. The summed E-state index contributed by atoms with van der Waals surface area (Å²) in [5, 5.41) is 7.52. The maximum atomic E-state index is 12.3. The van der Waals surface area contributed by atoms with Gasteiger partial charge in [0.25, 0.3) is 0 Å². The highest BCUT2D eigenvalue weighted by atomic mass is 19.4. The van der Waals surface area contributed by atoms with Gasteiger partial charge >= 0.3 is 12.2 Å². The number of hydrogen-bond acceptors (Lipinski definition) is 7. The van der Waals surface area contributed by atoms with Gasteiger partial charge in [0.15, 0.2) is 6.61 Å². The Bertz CT molecular complexity index is 786. The molecule has 3 aromatic rings. The molecule has 0 aliphatic carbocycles. The van der Waals surface area contributed by atoms with Gasteiger partial charge in [0.1, 0.15) is 6.54 Å². The molecule has 24 heavy (non-hydrogen) atoms. The van der Waals surface area contributed by atoms with Crippen LogP contribution in [0.1, 0.15) is 17.4 Å². The Labute approximate surface area is 133 Å². The molecule has 0 saturated carbocycles. The molecule has 0 amide bonds. The van der Waals surface area contributed by atoms with Gasteiger partial charge in [-0.3, -0.25) is 4.68 Å². The summed E-state index contributed by atoms with van der Waals surface area (Å²) < 4.78 is 47.9. The fraction of sp³-hybridized carbons (Fsp3) is 0.308. The van der Waals surface area contributed by atoms with E-state index in [2.05, 4.69) is 25.2 Å². The molecule has 0 saturated heterocycles. The molecular formula is C13H11F3N6O2. The summed E-state index contributed by atoms with van der Waals surface area (Å²) in [5.74, 6) is 0.493. The summed E-state index contributed by atoms with van der Waals surface area (Å²) in [5.41, 5.74) is 0.391. The standard InChI is InChI=1S/C13H11F3N6O2/c14-13(15,16)8-22-5-2-9(20-22)6-11-19-10(21-24-11)7-23-12-17-3-1-4-18-12/h1-5H,6-8H2. The fourth-order valence-corrected chi connectivity index (χ4v) is 1.83. The van der Waals surface area contributed by atoms with E-state index >= 15 is 0 Å². The summed E-state index contributed by atoms with van der Waals surface area (Å²) >= 11 is 0. The SMILES string of the molecule is FC(F)(F)Cn1ccc(Cc2nc(COc3ncccn3)no2)n1. The average molecular weight is 340 g/mol. The average Bonchev–Trinajstić information content (AvgIpc) is 3.15. The lowest BCUT2D eigenvalue weighted by Crippen LogP contribution is -2.18. The molecule has 0 aliphatic heterocycles. The number of nitrogens with zero attached hydrogens (tertiary/aromatic N) is 6. The van der Waals surface area contributed by atoms with Crippen LogP contribution in [0.15, 0.2) is 35.2 Å². The predicted octanol–water partition coefficient (Wildman–Crippen LogP) is 1.79. The molecule has 0 unspecified atom stereocenters. The van der Waals surface area contributed by atoms with Crippen LogP contribution in [0.25, 0.3) is 0 Å². The van der Waals surface area contributed by atoms with Gasteiger partial charge in [-0.2, -0.15) is 23.3 Å². The number of rotatable bonds is 6. The highest BCUT2D eigenvalue weighted by molar-refractivity contribution is 5.06. The summed E-state index contributed by atoms with van der Waals surface area (Å²) in [4.78, 5) is 11.8. The zero-order chi connectivity index (χ0) is 17.0. The molecule has 126 valence electrons. The van der Waals surface area contributed by atoms with Crippen LogP contribution in [0.3, 0.4) is 0 Å². The molecule has 0 fully saturated rings. The first kappa shape index (κ1) is 15.9. The third kappa shape index (κ3) is 4.51. The topological polar surface area (TPSA) is 91.8 Å². The van der Waals surface area contributed by atoms with Crippen molar-refractivity contribution in [1.82, 2.24) is 29.9 Å². The smallest absolute Gasteiger partial charge is 0.408 e. The van der Waals surface area contributed by atoms with Crippen LogP contribution in [-0.4, -0.2) is 36.1 Å². The second-order valence-corrected chi connectivity index (χ2v) is 4.72. The number of aromatic nitrogens is 6. The molecule has 0 atom stereocenters. The third-order valence-corrected chi connectivity index (χ3v) is 2.75. The van der Waals surface area contributed by atoms with E-state index < -0.39 is 12.7 Å². The third-order valence-electron chi connectivity index (χ3n) is 2.75. The molecule has 8 nitrogen and oxygen atoms in total. The van der Waals surface area contributed by atoms with Crippen LogP contribution in [-0.2, 0) is 19.6 Å². The summed E-state index contributed by atoms with van der Waals surface area (Å²) in [6.45, 7) is -1.14. The van der Waals surface area contributed by atoms with Crippen molar-refractivity contribution in [1.29, 1.82) is 0 Å². The summed E-state index contributed by atoms with van der Waals surface area (Å²) in [6, 6.07) is 3.29. The largest absolute Gasteiger partial charge is 0.455 e. The molecule has 0 N–H and O–H groups in total. The van der Waals surface area contributed by atoms with Crippen molar-refractivity contribution in [2.45, 2.75) is 25.7 Å². The highest BCUT2D eigenvalue weighted by Gasteiger charge is 2.28. The molecular weight excluding hydrogens is 329 g/mol. The van der Waals surface area contributed by atoms with Crippen LogP contribution in [0.5, 0.6) is 6.01 Å². The van der Waals surface area contributed by atoms with Crippen molar-refractivity contribution in [2.24, 2.45) is 0 Å². The normalized spacial score (nSPS) is 11.6. The van der Waals surface area contributed by atoms with Gasteiger partial charge in [-0.15, -0.1) is 0 Å².